The Kier molecular flexibility index (Phi) is 4.20. The highest BCUT2D eigenvalue weighted by molar-refractivity contribution is 6.70. The third-order valence-electron chi connectivity index (χ3n) is 3.32. The zero-order valence-electron chi connectivity index (χ0n) is 9.58. The van der Waals surface area contributed by atoms with Crippen LogP contribution in [0.1, 0.15) is 39.5 Å². The summed E-state index contributed by atoms with van der Waals surface area (Å²) in [4.78, 5) is 0. The van der Waals surface area contributed by atoms with Crippen LogP contribution < -0.4 is 0 Å². The first kappa shape index (κ1) is 11.8. The quantitative estimate of drug-likeness (QED) is 0.514. The summed E-state index contributed by atoms with van der Waals surface area (Å²) >= 11 is 0. The van der Waals surface area contributed by atoms with Gasteiger partial charge < -0.3 is 8.85 Å². The first-order valence-corrected chi connectivity index (χ1v) is 7.48. The van der Waals surface area contributed by atoms with E-state index in [2.05, 4.69) is 20.4 Å². The second-order valence-electron chi connectivity index (χ2n) is 4.35. The molecule has 0 heterocycles. The van der Waals surface area contributed by atoms with Gasteiger partial charge in [0, 0.05) is 18.2 Å². The SMILES string of the molecule is C=CO[Si](OC)(C(C)C)C1CCCC1. The minimum Gasteiger partial charge on any atom is -0.527 e. The minimum atomic E-state index is -2.03. The summed E-state index contributed by atoms with van der Waals surface area (Å²) in [5.41, 5.74) is 1.15. The summed E-state index contributed by atoms with van der Waals surface area (Å²) in [6.45, 7) is 8.09. The number of rotatable bonds is 5. The molecule has 0 saturated heterocycles. The Morgan fingerprint density at radius 3 is 2.29 bits per heavy atom. The first-order valence-electron chi connectivity index (χ1n) is 5.51. The molecule has 1 fully saturated rings. The van der Waals surface area contributed by atoms with E-state index in [0.717, 1.165) is 0 Å². The molecule has 0 aliphatic heterocycles. The van der Waals surface area contributed by atoms with Crippen molar-refractivity contribution in [1.29, 1.82) is 0 Å². The highest BCUT2D eigenvalue weighted by Crippen LogP contribution is 2.44. The van der Waals surface area contributed by atoms with Gasteiger partial charge in [-0.25, -0.2) is 0 Å². The molecule has 0 radical (unpaired) electrons. The lowest BCUT2D eigenvalue weighted by molar-refractivity contribution is 0.244. The van der Waals surface area contributed by atoms with Gasteiger partial charge in [0.15, 0.2) is 0 Å². The van der Waals surface area contributed by atoms with Gasteiger partial charge in [-0.2, -0.15) is 0 Å². The second kappa shape index (κ2) is 4.98. The molecular weight excluding hydrogens is 192 g/mol. The van der Waals surface area contributed by atoms with Crippen molar-refractivity contribution in [1.82, 2.24) is 0 Å². The average Bonchev–Trinajstić information content (AvgIpc) is 2.66. The molecule has 0 aromatic carbocycles. The second-order valence-corrected chi connectivity index (χ2v) is 8.40. The van der Waals surface area contributed by atoms with Crippen molar-refractivity contribution < 1.29 is 8.85 Å². The lowest BCUT2D eigenvalue weighted by Crippen LogP contribution is -2.46. The molecule has 0 amide bonds. The Morgan fingerprint density at radius 2 is 1.93 bits per heavy atom. The van der Waals surface area contributed by atoms with E-state index in [-0.39, 0.29) is 0 Å². The number of hydrogen-bond donors (Lipinski definition) is 0. The van der Waals surface area contributed by atoms with Crippen LogP contribution in [-0.2, 0) is 8.85 Å². The Bertz CT molecular complexity index is 188. The molecule has 1 aliphatic carbocycles. The monoisotopic (exact) mass is 214 g/mol. The maximum Gasteiger partial charge on any atom is 0.404 e. The Hall–Kier alpha value is -0.283. The maximum atomic E-state index is 5.80. The van der Waals surface area contributed by atoms with Crippen molar-refractivity contribution in [3.8, 4) is 0 Å². The van der Waals surface area contributed by atoms with Crippen molar-refractivity contribution in [3.63, 3.8) is 0 Å². The van der Waals surface area contributed by atoms with E-state index in [1.165, 1.54) is 25.7 Å². The van der Waals surface area contributed by atoms with Gasteiger partial charge in [-0.15, -0.1) is 0 Å². The van der Waals surface area contributed by atoms with E-state index >= 15 is 0 Å². The van der Waals surface area contributed by atoms with Crippen LogP contribution in [-0.4, -0.2) is 15.7 Å². The fourth-order valence-corrected chi connectivity index (χ4v) is 6.39. The predicted molar refractivity (Wildman–Crippen MR) is 61.4 cm³/mol. The lowest BCUT2D eigenvalue weighted by atomic mass is 10.4. The van der Waals surface area contributed by atoms with Crippen LogP contribution >= 0.6 is 0 Å². The van der Waals surface area contributed by atoms with Crippen LogP contribution in [0.15, 0.2) is 12.8 Å². The molecule has 1 rings (SSSR count). The van der Waals surface area contributed by atoms with Crippen LogP contribution in [0.25, 0.3) is 0 Å². The molecule has 2 nitrogen and oxygen atoms in total. The smallest absolute Gasteiger partial charge is 0.404 e. The van der Waals surface area contributed by atoms with E-state index in [0.29, 0.717) is 11.1 Å². The summed E-state index contributed by atoms with van der Waals surface area (Å²) in [6, 6.07) is 0. The molecule has 1 saturated carbocycles. The predicted octanol–water partition coefficient (Wildman–Crippen LogP) is 3.59. The largest absolute Gasteiger partial charge is 0.527 e. The van der Waals surface area contributed by atoms with E-state index in [1.807, 2.05) is 0 Å². The Morgan fingerprint density at radius 1 is 1.36 bits per heavy atom. The van der Waals surface area contributed by atoms with Gasteiger partial charge in [0.1, 0.15) is 0 Å². The fourth-order valence-electron chi connectivity index (χ4n) is 2.61. The molecule has 1 atom stereocenters. The van der Waals surface area contributed by atoms with Crippen molar-refractivity contribution in [3.05, 3.63) is 12.8 Å². The van der Waals surface area contributed by atoms with Gasteiger partial charge in [-0.05, 0) is 12.8 Å². The summed E-state index contributed by atoms with van der Waals surface area (Å²) in [7, 11) is -0.232. The standard InChI is InChI=1S/C11H22O2Si/c1-5-13-14(12-4,10(2)3)11-8-6-7-9-11/h5,10-11H,1,6-9H2,2-4H3. The summed E-state index contributed by atoms with van der Waals surface area (Å²) < 4.78 is 11.6. The van der Waals surface area contributed by atoms with Gasteiger partial charge >= 0.3 is 8.56 Å². The highest BCUT2D eigenvalue weighted by atomic mass is 28.4. The average molecular weight is 214 g/mol. The van der Waals surface area contributed by atoms with Crippen LogP contribution in [0.3, 0.4) is 0 Å². The van der Waals surface area contributed by atoms with Crippen LogP contribution in [0.4, 0.5) is 0 Å². The molecule has 3 heteroatoms. The molecule has 1 aliphatic rings. The van der Waals surface area contributed by atoms with Gasteiger partial charge in [0.25, 0.3) is 0 Å². The fraction of sp³-hybridized carbons (Fsp3) is 0.818. The molecule has 14 heavy (non-hydrogen) atoms. The molecule has 82 valence electrons. The van der Waals surface area contributed by atoms with Crippen LogP contribution in [0.5, 0.6) is 0 Å². The summed E-state index contributed by atoms with van der Waals surface area (Å²) in [5.74, 6) is 0. The minimum absolute atomic E-state index is 0.494. The van der Waals surface area contributed by atoms with Gasteiger partial charge in [0.05, 0.1) is 6.26 Å². The molecule has 0 bridgehead atoms. The van der Waals surface area contributed by atoms with Gasteiger partial charge in [-0.3, -0.25) is 0 Å². The molecule has 0 aromatic rings. The normalized spacial score (nSPS) is 22.3. The van der Waals surface area contributed by atoms with Crippen molar-refractivity contribution in [2.45, 2.75) is 50.6 Å². The molecule has 0 N–H and O–H groups in total. The molecular formula is C11H22O2Si. The van der Waals surface area contributed by atoms with Crippen molar-refractivity contribution in [2.75, 3.05) is 7.11 Å². The number of hydrogen-bond acceptors (Lipinski definition) is 2. The van der Waals surface area contributed by atoms with E-state index in [1.54, 1.807) is 13.4 Å². The third-order valence-corrected chi connectivity index (χ3v) is 7.81. The zero-order chi connectivity index (χ0) is 10.6. The Balaban J connectivity index is 2.80. The Labute approximate surface area is 88.5 Å². The third kappa shape index (κ3) is 2.03. The van der Waals surface area contributed by atoms with Crippen LogP contribution in [0.2, 0.25) is 11.1 Å². The van der Waals surface area contributed by atoms with Crippen molar-refractivity contribution >= 4 is 8.56 Å². The van der Waals surface area contributed by atoms with Crippen molar-refractivity contribution in [2.24, 2.45) is 0 Å². The van der Waals surface area contributed by atoms with Gasteiger partial charge in [0.2, 0.25) is 0 Å². The van der Waals surface area contributed by atoms with E-state index in [9.17, 15) is 0 Å². The van der Waals surface area contributed by atoms with E-state index < -0.39 is 8.56 Å². The summed E-state index contributed by atoms with van der Waals surface area (Å²) in [5, 5.41) is 0. The topological polar surface area (TPSA) is 18.5 Å². The molecule has 1 unspecified atom stereocenters. The van der Waals surface area contributed by atoms with E-state index in [4.69, 9.17) is 8.85 Å². The lowest BCUT2D eigenvalue weighted by Gasteiger charge is -2.36. The molecule has 0 aromatic heterocycles. The maximum absolute atomic E-state index is 5.80. The summed E-state index contributed by atoms with van der Waals surface area (Å²) in [6.07, 6.45) is 6.78. The molecule has 0 spiro atoms. The van der Waals surface area contributed by atoms with Crippen LogP contribution in [0, 0.1) is 0 Å². The zero-order valence-corrected chi connectivity index (χ0v) is 10.6. The highest BCUT2D eigenvalue weighted by Gasteiger charge is 2.50. The first-order chi connectivity index (χ1) is 6.67. The van der Waals surface area contributed by atoms with Gasteiger partial charge in [-0.1, -0.05) is 33.3 Å².